The number of aryl methyl sites for hydroxylation is 1. The van der Waals surface area contributed by atoms with Gasteiger partial charge in [-0.2, -0.15) is 0 Å². The van der Waals surface area contributed by atoms with Crippen molar-refractivity contribution in [2.24, 2.45) is 11.3 Å². The molecular weight excluding hydrogens is 332 g/mol. The second-order valence-electron chi connectivity index (χ2n) is 7.30. The van der Waals surface area contributed by atoms with Gasteiger partial charge in [-0.05, 0) is 73.3 Å². The summed E-state index contributed by atoms with van der Waals surface area (Å²) in [7, 11) is 4.43. The minimum Gasteiger partial charge on any atom is -0.497 e. The summed E-state index contributed by atoms with van der Waals surface area (Å²) < 4.78 is 15.3. The highest BCUT2D eigenvalue weighted by molar-refractivity contribution is 5.87. The summed E-state index contributed by atoms with van der Waals surface area (Å²) >= 11 is 0. The van der Waals surface area contributed by atoms with Crippen molar-refractivity contribution < 1.29 is 23.8 Å². The molecule has 2 aliphatic carbocycles. The van der Waals surface area contributed by atoms with Crippen molar-refractivity contribution >= 4 is 11.9 Å². The van der Waals surface area contributed by atoms with Crippen LogP contribution in [-0.2, 0) is 25.5 Å². The Morgan fingerprint density at radius 2 is 1.88 bits per heavy atom. The van der Waals surface area contributed by atoms with Gasteiger partial charge in [-0.3, -0.25) is 4.79 Å². The van der Waals surface area contributed by atoms with Crippen molar-refractivity contribution in [3.63, 3.8) is 0 Å². The fourth-order valence-electron chi connectivity index (χ4n) is 4.64. The average molecular weight is 358 g/mol. The van der Waals surface area contributed by atoms with E-state index < -0.39 is 11.4 Å². The first kappa shape index (κ1) is 18.5. The molecule has 0 aromatic heterocycles. The van der Waals surface area contributed by atoms with Gasteiger partial charge in [0, 0.05) is 6.08 Å². The van der Waals surface area contributed by atoms with Gasteiger partial charge in [-0.1, -0.05) is 6.07 Å². The molecule has 1 aromatic carbocycles. The summed E-state index contributed by atoms with van der Waals surface area (Å²) in [6.45, 7) is 1.88. The Bertz CT molecular complexity index is 751. The molecule has 0 unspecified atom stereocenters. The molecule has 26 heavy (non-hydrogen) atoms. The minimum atomic E-state index is -0.784. The molecule has 5 heteroatoms. The number of hydrogen-bond donors (Lipinski definition) is 0. The predicted octanol–water partition coefficient (Wildman–Crippen LogP) is 3.41. The Balaban J connectivity index is 2.04. The summed E-state index contributed by atoms with van der Waals surface area (Å²) in [5, 5.41) is 0. The molecule has 2 aliphatic rings. The van der Waals surface area contributed by atoms with Crippen molar-refractivity contribution in [3.8, 4) is 5.75 Å². The van der Waals surface area contributed by atoms with Crippen LogP contribution in [0.4, 0.5) is 0 Å². The lowest BCUT2D eigenvalue weighted by molar-refractivity contribution is -0.151. The van der Waals surface area contributed by atoms with Crippen molar-refractivity contribution in [1.82, 2.24) is 0 Å². The highest BCUT2D eigenvalue weighted by Gasteiger charge is 2.49. The third-order valence-corrected chi connectivity index (χ3v) is 6.06. The quantitative estimate of drug-likeness (QED) is 0.612. The highest BCUT2D eigenvalue weighted by Crippen LogP contribution is 2.55. The SMILES string of the molecule is COC(=O)/C=C1\[C@@H]2CCc3cc(OC)ccc3[C@H]2CC[C@]1(C)C(=O)OC. The van der Waals surface area contributed by atoms with Gasteiger partial charge in [-0.25, -0.2) is 4.79 Å². The van der Waals surface area contributed by atoms with Gasteiger partial charge in [0.2, 0.25) is 0 Å². The average Bonchev–Trinajstić information content (AvgIpc) is 2.68. The minimum absolute atomic E-state index is 0.132. The normalized spacial score (nSPS) is 28.7. The largest absolute Gasteiger partial charge is 0.497 e. The number of ether oxygens (including phenoxy) is 3. The van der Waals surface area contributed by atoms with Gasteiger partial charge in [0.15, 0.2) is 0 Å². The van der Waals surface area contributed by atoms with Crippen LogP contribution in [0.1, 0.15) is 43.2 Å². The van der Waals surface area contributed by atoms with Gasteiger partial charge in [0.05, 0.1) is 26.7 Å². The summed E-state index contributed by atoms with van der Waals surface area (Å²) in [6.07, 6.45) is 4.83. The van der Waals surface area contributed by atoms with E-state index in [0.717, 1.165) is 30.6 Å². The van der Waals surface area contributed by atoms with Crippen LogP contribution in [0.25, 0.3) is 0 Å². The molecule has 3 rings (SSSR count). The van der Waals surface area contributed by atoms with Gasteiger partial charge in [-0.15, -0.1) is 0 Å². The fourth-order valence-corrected chi connectivity index (χ4v) is 4.64. The van der Waals surface area contributed by atoms with Crippen LogP contribution < -0.4 is 4.74 Å². The first-order chi connectivity index (χ1) is 12.4. The van der Waals surface area contributed by atoms with E-state index in [1.54, 1.807) is 7.11 Å². The number of carbonyl (C=O) groups is 2. The molecule has 0 heterocycles. The zero-order valence-electron chi connectivity index (χ0n) is 15.8. The molecule has 0 amide bonds. The molecule has 0 N–H and O–H groups in total. The Kier molecular flexibility index (Phi) is 5.08. The number of esters is 2. The molecule has 1 saturated carbocycles. The van der Waals surface area contributed by atoms with Crippen LogP contribution in [-0.4, -0.2) is 33.3 Å². The lowest BCUT2D eigenvalue weighted by Crippen LogP contribution is -2.42. The maximum absolute atomic E-state index is 12.5. The first-order valence-corrected chi connectivity index (χ1v) is 9.00. The first-order valence-electron chi connectivity index (χ1n) is 9.00. The van der Waals surface area contributed by atoms with E-state index in [1.165, 1.54) is 31.4 Å². The Hall–Kier alpha value is -2.30. The van der Waals surface area contributed by atoms with Crippen LogP contribution in [0, 0.1) is 11.3 Å². The van der Waals surface area contributed by atoms with Crippen molar-refractivity contribution in [2.45, 2.75) is 38.5 Å². The van der Waals surface area contributed by atoms with E-state index in [1.807, 2.05) is 13.0 Å². The van der Waals surface area contributed by atoms with Crippen LogP contribution in [0.5, 0.6) is 5.75 Å². The topological polar surface area (TPSA) is 61.8 Å². The molecule has 3 atom stereocenters. The van der Waals surface area contributed by atoms with Crippen LogP contribution >= 0.6 is 0 Å². The summed E-state index contributed by atoms with van der Waals surface area (Å²) in [6, 6.07) is 6.21. The monoisotopic (exact) mass is 358 g/mol. The standard InChI is InChI=1S/C21H26O5/c1-21(20(23)26-4)10-9-16-15-8-6-14(24-2)11-13(15)5-7-17(16)18(21)12-19(22)25-3/h6,8,11-12,16-17H,5,7,9-10H2,1-4H3/b18-12+/t16-,17-,21+/m1/s1. The lowest BCUT2D eigenvalue weighted by atomic mass is 9.57. The fraction of sp³-hybridized carbons (Fsp3) is 0.524. The second kappa shape index (κ2) is 7.14. The number of benzene rings is 1. The zero-order valence-corrected chi connectivity index (χ0v) is 15.8. The van der Waals surface area contributed by atoms with Gasteiger partial charge < -0.3 is 14.2 Å². The molecule has 140 valence electrons. The molecule has 5 nitrogen and oxygen atoms in total. The Morgan fingerprint density at radius 3 is 2.54 bits per heavy atom. The highest BCUT2D eigenvalue weighted by atomic mass is 16.5. The Labute approximate surface area is 154 Å². The zero-order chi connectivity index (χ0) is 18.9. The van der Waals surface area contributed by atoms with Crippen molar-refractivity contribution in [1.29, 1.82) is 0 Å². The molecular formula is C21H26O5. The van der Waals surface area contributed by atoms with Gasteiger partial charge in [0.25, 0.3) is 0 Å². The van der Waals surface area contributed by atoms with E-state index in [2.05, 4.69) is 12.1 Å². The molecule has 0 saturated heterocycles. The van der Waals surface area contributed by atoms with E-state index in [0.29, 0.717) is 12.3 Å². The van der Waals surface area contributed by atoms with Gasteiger partial charge in [0.1, 0.15) is 5.75 Å². The van der Waals surface area contributed by atoms with E-state index in [9.17, 15) is 9.59 Å². The molecule has 0 bridgehead atoms. The smallest absolute Gasteiger partial charge is 0.330 e. The number of carbonyl (C=O) groups excluding carboxylic acids is 2. The third kappa shape index (κ3) is 3.00. The third-order valence-electron chi connectivity index (χ3n) is 6.06. The summed E-state index contributed by atoms with van der Waals surface area (Å²) in [5.74, 6) is 0.580. The number of hydrogen-bond acceptors (Lipinski definition) is 5. The lowest BCUT2D eigenvalue weighted by Gasteiger charge is -2.46. The number of rotatable bonds is 3. The number of fused-ring (bicyclic) bond motifs is 3. The maximum Gasteiger partial charge on any atom is 0.330 e. The van der Waals surface area contributed by atoms with E-state index in [-0.39, 0.29) is 11.9 Å². The molecule has 1 fully saturated rings. The molecule has 0 aliphatic heterocycles. The summed E-state index contributed by atoms with van der Waals surface area (Å²) in [4.78, 5) is 24.6. The summed E-state index contributed by atoms with van der Waals surface area (Å²) in [5.41, 5.74) is 2.65. The van der Waals surface area contributed by atoms with Crippen molar-refractivity contribution in [2.75, 3.05) is 21.3 Å². The predicted molar refractivity (Wildman–Crippen MR) is 97.0 cm³/mol. The van der Waals surface area contributed by atoms with E-state index >= 15 is 0 Å². The van der Waals surface area contributed by atoms with Crippen LogP contribution in [0.15, 0.2) is 29.8 Å². The van der Waals surface area contributed by atoms with E-state index in [4.69, 9.17) is 14.2 Å². The molecule has 0 spiro atoms. The Morgan fingerprint density at radius 1 is 1.12 bits per heavy atom. The second-order valence-corrected chi connectivity index (χ2v) is 7.30. The van der Waals surface area contributed by atoms with Crippen LogP contribution in [0.3, 0.4) is 0 Å². The van der Waals surface area contributed by atoms with Gasteiger partial charge >= 0.3 is 11.9 Å². The maximum atomic E-state index is 12.5. The molecule has 1 aromatic rings. The van der Waals surface area contributed by atoms with Crippen molar-refractivity contribution in [3.05, 3.63) is 41.0 Å². The molecule has 0 radical (unpaired) electrons. The number of methoxy groups -OCH3 is 3. The van der Waals surface area contributed by atoms with Crippen LogP contribution in [0.2, 0.25) is 0 Å².